The average molecular weight is 442 g/mol. The molecule has 0 bridgehead atoms. The molecule has 0 radical (unpaired) electrons. The van der Waals surface area contributed by atoms with Crippen molar-refractivity contribution in [1.82, 2.24) is 4.90 Å². The largest absolute Gasteiger partial charge is 0.494 e. The number of nitrogens with zero attached hydrogens (tertiary/aromatic N) is 1. The number of amides is 1. The normalized spacial score (nSPS) is 10.6. The monoisotopic (exact) mass is 441 g/mol. The molecular formula is C27H39NO4. The highest BCUT2D eigenvalue weighted by Gasteiger charge is 2.16. The molecule has 0 spiro atoms. The third-order valence-electron chi connectivity index (χ3n) is 5.33. The lowest BCUT2D eigenvalue weighted by Gasteiger charge is -2.22. The van der Waals surface area contributed by atoms with Crippen LogP contribution in [0, 0.1) is 0 Å². The van der Waals surface area contributed by atoms with Crippen molar-refractivity contribution < 1.29 is 19.0 Å². The summed E-state index contributed by atoms with van der Waals surface area (Å²) < 4.78 is 17.2. The SMILES string of the molecule is CCCN(CCC)C(=O)c1ccc(OCCCCCOc2ccc(CC)cc2)c(OC)c1. The van der Waals surface area contributed by atoms with Gasteiger partial charge >= 0.3 is 0 Å². The summed E-state index contributed by atoms with van der Waals surface area (Å²) in [6.07, 6.45) is 5.87. The molecule has 0 fully saturated rings. The molecule has 2 aromatic carbocycles. The first-order chi connectivity index (χ1) is 15.6. The minimum Gasteiger partial charge on any atom is -0.494 e. The molecular weight excluding hydrogens is 402 g/mol. The van der Waals surface area contributed by atoms with Gasteiger partial charge in [0.1, 0.15) is 5.75 Å². The quantitative estimate of drug-likeness (QED) is 0.311. The Balaban J connectivity index is 1.75. The second-order valence-corrected chi connectivity index (χ2v) is 7.91. The number of unbranched alkanes of at least 4 members (excludes halogenated alkanes) is 2. The number of rotatable bonds is 15. The third kappa shape index (κ3) is 8.10. The van der Waals surface area contributed by atoms with Gasteiger partial charge in [-0.2, -0.15) is 0 Å². The summed E-state index contributed by atoms with van der Waals surface area (Å²) in [6, 6.07) is 13.7. The van der Waals surface area contributed by atoms with Gasteiger partial charge in [-0.3, -0.25) is 4.79 Å². The number of carbonyl (C=O) groups is 1. The molecule has 2 rings (SSSR count). The first-order valence-corrected chi connectivity index (χ1v) is 11.9. The maximum atomic E-state index is 12.8. The van der Waals surface area contributed by atoms with Crippen LogP contribution in [0.1, 0.15) is 68.8 Å². The highest BCUT2D eigenvalue weighted by Crippen LogP contribution is 2.29. The van der Waals surface area contributed by atoms with E-state index in [2.05, 4.69) is 32.9 Å². The van der Waals surface area contributed by atoms with Crippen molar-refractivity contribution in [2.75, 3.05) is 33.4 Å². The number of methoxy groups -OCH3 is 1. The Kier molecular flexibility index (Phi) is 11.5. The molecule has 0 saturated carbocycles. The number of carbonyl (C=O) groups excluding carboxylic acids is 1. The molecule has 2 aromatic rings. The van der Waals surface area contributed by atoms with Gasteiger partial charge in [-0.1, -0.05) is 32.9 Å². The summed E-state index contributed by atoms with van der Waals surface area (Å²) in [7, 11) is 1.61. The van der Waals surface area contributed by atoms with Gasteiger partial charge in [0.25, 0.3) is 5.91 Å². The standard InChI is InChI=1S/C27H39NO4/c1-5-17-28(18-6-2)27(29)23-13-16-25(26(21-23)30-4)32-20-10-8-9-19-31-24-14-11-22(7-3)12-15-24/h11-16,21H,5-10,17-20H2,1-4H3. The average Bonchev–Trinajstić information content (AvgIpc) is 2.83. The van der Waals surface area contributed by atoms with Crippen molar-refractivity contribution in [2.24, 2.45) is 0 Å². The van der Waals surface area contributed by atoms with E-state index in [0.29, 0.717) is 30.3 Å². The van der Waals surface area contributed by atoms with Crippen LogP contribution in [0.25, 0.3) is 0 Å². The van der Waals surface area contributed by atoms with Gasteiger partial charge in [-0.05, 0) is 74.4 Å². The van der Waals surface area contributed by atoms with Crippen LogP contribution in [0.15, 0.2) is 42.5 Å². The first kappa shape index (κ1) is 25.6. The zero-order chi connectivity index (χ0) is 23.2. The molecule has 5 heteroatoms. The minimum atomic E-state index is 0.0443. The van der Waals surface area contributed by atoms with Crippen LogP contribution >= 0.6 is 0 Å². The summed E-state index contributed by atoms with van der Waals surface area (Å²) in [5.74, 6) is 2.24. The van der Waals surface area contributed by atoms with Crippen LogP contribution in [0.5, 0.6) is 17.2 Å². The van der Waals surface area contributed by atoms with Gasteiger partial charge in [0.15, 0.2) is 11.5 Å². The number of hydrogen-bond acceptors (Lipinski definition) is 4. The summed E-state index contributed by atoms with van der Waals surface area (Å²) in [5, 5.41) is 0. The minimum absolute atomic E-state index is 0.0443. The van der Waals surface area contributed by atoms with E-state index in [1.807, 2.05) is 29.2 Å². The van der Waals surface area contributed by atoms with Gasteiger partial charge < -0.3 is 19.1 Å². The van der Waals surface area contributed by atoms with Gasteiger partial charge in [-0.25, -0.2) is 0 Å². The maximum Gasteiger partial charge on any atom is 0.253 e. The Bertz CT molecular complexity index is 798. The third-order valence-corrected chi connectivity index (χ3v) is 5.33. The van der Waals surface area contributed by atoms with Crippen molar-refractivity contribution in [2.45, 2.75) is 59.3 Å². The topological polar surface area (TPSA) is 48.0 Å². The molecule has 0 aliphatic carbocycles. The molecule has 0 aliphatic rings. The maximum absolute atomic E-state index is 12.8. The molecule has 0 heterocycles. The smallest absolute Gasteiger partial charge is 0.253 e. The van der Waals surface area contributed by atoms with Gasteiger partial charge in [0.05, 0.1) is 20.3 Å². The van der Waals surface area contributed by atoms with Crippen LogP contribution in [-0.2, 0) is 6.42 Å². The lowest BCUT2D eigenvalue weighted by molar-refractivity contribution is 0.0755. The fraction of sp³-hybridized carbons (Fsp3) is 0.519. The van der Waals surface area contributed by atoms with E-state index in [-0.39, 0.29) is 5.91 Å². The molecule has 0 aromatic heterocycles. The molecule has 0 N–H and O–H groups in total. The Labute approximate surface area is 193 Å². The second kappa shape index (κ2) is 14.4. The first-order valence-electron chi connectivity index (χ1n) is 11.9. The number of aryl methyl sites for hydroxylation is 1. The molecule has 32 heavy (non-hydrogen) atoms. The molecule has 0 unspecified atom stereocenters. The predicted molar refractivity (Wildman–Crippen MR) is 130 cm³/mol. The van der Waals surface area contributed by atoms with E-state index in [4.69, 9.17) is 14.2 Å². The molecule has 5 nitrogen and oxygen atoms in total. The van der Waals surface area contributed by atoms with E-state index in [1.54, 1.807) is 13.2 Å². The number of hydrogen-bond donors (Lipinski definition) is 0. The molecule has 0 saturated heterocycles. The van der Waals surface area contributed by atoms with Crippen molar-refractivity contribution >= 4 is 5.91 Å². The second-order valence-electron chi connectivity index (χ2n) is 7.91. The summed E-state index contributed by atoms with van der Waals surface area (Å²) in [6.45, 7) is 9.16. The molecule has 0 aliphatic heterocycles. The number of benzene rings is 2. The molecule has 1 amide bonds. The van der Waals surface area contributed by atoms with Gasteiger partial charge in [-0.15, -0.1) is 0 Å². The van der Waals surface area contributed by atoms with E-state index >= 15 is 0 Å². The van der Waals surface area contributed by atoms with Crippen LogP contribution in [0.4, 0.5) is 0 Å². The van der Waals surface area contributed by atoms with Crippen LogP contribution in [0.3, 0.4) is 0 Å². The summed E-state index contributed by atoms with van der Waals surface area (Å²) in [5.41, 5.74) is 1.96. The van der Waals surface area contributed by atoms with E-state index in [9.17, 15) is 4.79 Å². The fourth-order valence-corrected chi connectivity index (χ4v) is 3.53. The highest BCUT2D eigenvalue weighted by molar-refractivity contribution is 5.95. The zero-order valence-corrected chi connectivity index (χ0v) is 20.2. The Morgan fingerprint density at radius 1 is 0.812 bits per heavy atom. The van der Waals surface area contributed by atoms with Crippen molar-refractivity contribution in [3.8, 4) is 17.2 Å². The predicted octanol–water partition coefficient (Wildman–Crippen LogP) is 6.15. The Morgan fingerprint density at radius 3 is 2.06 bits per heavy atom. The van der Waals surface area contributed by atoms with E-state index in [1.165, 1.54) is 5.56 Å². The summed E-state index contributed by atoms with van der Waals surface area (Å²) >= 11 is 0. The highest BCUT2D eigenvalue weighted by atomic mass is 16.5. The van der Waals surface area contributed by atoms with Crippen LogP contribution < -0.4 is 14.2 Å². The lowest BCUT2D eigenvalue weighted by Crippen LogP contribution is -2.32. The van der Waals surface area contributed by atoms with Gasteiger partial charge in [0, 0.05) is 18.7 Å². The summed E-state index contributed by atoms with van der Waals surface area (Å²) in [4.78, 5) is 14.7. The van der Waals surface area contributed by atoms with E-state index in [0.717, 1.165) is 57.4 Å². The van der Waals surface area contributed by atoms with E-state index < -0.39 is 0 Å². The van der Waals surface area contributed by atoms with Gasteiger partial charge in [0.2, 0.25) is 0 Å². The zero-order valence-electron chi connectivity index (χ0n) is 20.2. The lowest BCUT2D eigenvalue weighted by atomic mass is 10.1. The van der Waals surface area contributed by atoms with Crippen molar-refractivity contribution in [1.29, 1.82) is 0 Å². The Morgan fingerprint density at radius 2 is 1.47 bits per heavy atom. The fourth-order valence-electron chi connectivity index (χ4n) is 3.53. The van der Waals surface area contributed by atoms with Crippen LogP contribution in [-0.4, -0.2) is 44.2 Å². The van der Waals surface area contributed by atoms with Crippen molar-refractivity contribution in [3.63, 3.8) is 0 Å². The van der Waals surface area contributed by atoms with Crippen molar-refractivity contribution in [3.05, 3.63) is 53.6 Å². The Hall–Kier alpha value is -2.69. The number of ether oxygens (including phenoxy) is 3. The van der Waals surface area contributed by atoms with Crippen LogP contribution in [0.2, 0.25) is 0 Å². The molecule has 176 valence electrons. The molecule has 0 atom stereocenters.